The lowest BCUT2D eigenvalue weighted by atomic mass is 10.1. The summed E-state index contributed by atoms with van der Waals surface area (Å²) in [5, 5.41) is 8.02. The molecule has 0 saturated carbocycles. The van der Waals surface area contributed by atoms with Crippen molar-refractivity contribution in [2.75, 3.05) is 18.6 Å². The van der Waals surface area contributed by atoms with E-state index in [0.29, 0.717) is 5.82 Å². The third-order valence-electron chi connectivity index (χ3n) is 4.43. The standard InChI is InChI=1S/C22H22N4.C2H6.CH4O/c1-5-16-13-15-26(20(16)7-3)22-18-10-8-9-11-19(18)24-21(25-22)17(6-2)12-14-23-4;2*1-2/h5-12,14H,1,3-4,13,15H2,2H3;1-2H3;2H,1H3/b14-12-,17-6+;;. The van der Waals surface area contributed by atoms with Gasteiger partial charge in [0.15, 0.2) is 5.82 Å². The van der Waals surface area contributed by atoms with Crippen molar-refractivity contribution in [3.8, 4) is 0 Å². The van der Waals surface area contributed by atoms with Crippen LogP contribution in [0.4, 0.5) is 5.82 Å². The highest BCUT2D eigenvalue weighted by Gasteiger charge is 2.23. The maximum atomic E-state index is 7.00. The van der Waals surface area contributed by atoms with Crippen molar-refractivity contribution < 1.29 is 5.11 Å². The predicted molar refractivity (Wildman–Crippen MR) is 131 cm³/mol. The number of aliphatic hydroxyl groups excluding tert-OH is 1. The number of allylic oxidation sites excluding steroid dienone is 5. The number of anilines is 1. The number of para-hydroxylation sites is 1. The lowest BCUT2D eigenvalue weighted by Gasteiger charge is -2.22. The molecule has 0 amide bonds. The lowest BCUT2D eigenvalue weighted by Crippen LogP contribution is -2.20. The Balaban J connectivity index is 0.00000106. The minimum atomic E-state index is 0.663. The number of rotatable bonds is 6. The fourth-order valence-electron chi connectivity index (χ4n) is 3.15. The van der Waals surface area contributed by atoms with Gasteiger partial charge in [0.1, 0.15) is 5.82 Å². The molecule has 1 N–H and O–H groups in total. The van der Waals surface area contributed by atoms with Crippen molar-refractivity contribution in [3.05, 3.63) is 85.0 Å². The van der Waals surface area contributed by atoms with Crippen molar-refractivity contribution in [2.24, 2.45) is 4.99 Å². The minimum Gasteiger partial charge on any atom is -0.400 e. The first-order valence-electron chi connectivity index (χ1n) is 9.99. The molecule has 2 aromatic rings. The van der Waals surface area contributed by atoms with Crippen LogP contribution >= 0.6 is 0 Å². The fourth-order valence-corrected chi connectivity index (χ4v) is 3.15. The van der Waals surface area contributed by atoms with Crippen LogP contribution in [0.15, 0.2) is 84.2 Å². The molecule has 1 aliphatic heterocycles. The van der Waals surface area contributed by atoms with E-state index in [0.717, 1.165) is 48.1 Å². The van der Waals surface area contributed by atoms with E-state index in [1.165, 1.54) is 5.57 Å². The molecule has 0 bridgehead atoms. The van der Waals surface area contributed by atoms with Gasteiger partial charge in [-0.15, -0.1) is 0 Å². The third-order valence-corrected chi connectivity index (χ3v) is 4.43. The molecule has 0 atom stereocenters. The molecule has 1 aromatic heterocycles. The highest BCUT2D eigenvalue weighted by Crippen LogP contribution is 2.34. The Morgan fingerprint density at radius 1 is 1.13 bits per heavy atom. The molecule has 1 aromatic carbocycles. The van der Waals surface area contributed by atoms with Gasteiger partial charge in [0, 0.05) is 36.5 Å². The number of aliphatic imine (C=N–C) groups is 1. The van der Waals surface area contributed by atoms with Crippen LogP contribution < -0.4 is 4.90 Å². The zero-order chi connectivity index (χ0) is 22.5. The van der Waals surface area contributed by atoms with E-state index in [9.17, 15) is 0 Å². The Labute approximate surface area is 180 Å². The lowest BCUT2D eigenvalue weighted by molar-refractivity contribution is 0.399. The first kappa shape index (κ1) is 24.7. The number of fused-ring (bicyclic) bond motifs is 1. The average Bonchev–Trinajstić information content (AvgIpc) is 3.24. The van der Waals surface area contributed by atoms with Crippen LogP contribution in [0, 0.1) is 0 Å². The van der Waals surface area contributed by atoms with Crippen molar-refractivity contribution >= 4 is 29.0 Å². The molecule has 1 aliphatic rings. The predicted octanol–water partition coefficient (Wildman–Crippen LogP) is 5.72. The van der Waals surface area contributed by atoms with Gasteiger partial charge in [0.25, 0.3) is 0 Å². The van der Waals surface area contributed by atoms with Gasteiger partial charge in [-0.05, 0) is 49.9 Å². The topological polar surface area (TPSA) is 61.6 Å². The number of aliphatic hydroxyl groups is 1. The first-order valence-corrected chi connectivity index (χ1v) is 9.99. The van der Waals surface area contributed by atoms with Crippen LogP contribution in [0.1, 0.15) is 33.0 Å². The van der Waals surface area contributed by atoms with Crippen LogP contribution in [0.2, 0.25) is 0 Å². The summed E-state index contributed by atoms with van der Waals surface area (Å²) in [5.74, 6) is 1.55. The van der Waals surface area contributed by atoms with E-state index >= 15 is 0 Å². The van der Waals surface area contributed by atoms with E-state index in [-0.39, 0.29) is 0 Å². The van der Waals surface area contributed by atoms with Gasteiger partial charge in [0.2, 0.25) is 0 Å². The summed E-state index contributed by atoms with van der Waals surface area (Å²) in [6, 6.07) is 8.06. The average molecular weight is 405 g/mol. The third kappa shape index (κ3) is 5.39. The molecular weight excluding hydrogens is 372 g/mol. The minimum absolute atomic E-state index is 0.663. The summed E-state index contributed by atoms with van der Waals surface area (Å²) in [7, 11) is 1.00. The van der Waals surface area contributed by atoms with E-state index in [4.69, 9.17) is 15.1 Å². The molecule has 0 spiro atoms. The van der Waals surface area contributed by atoms with E-state index in [1.807, 2.05) is 63.3 Å². The monoisotopic (exact) mass is 404 g/mol. The van der Waals surface area contributed by atoms with Crippen LogP contribution in [0.5, 0.6) is 0 Å². The quantitative estimate of drug-likeness (QED) is 0.494. The van der Waals surface area contributed by atoms with E-state index in [2.05, 4.69) is 35.8 Å². The smallest absolute Gasteiger partial charge is 0.161 e. The van der Waals surface area contributed by atoms with Crippen molar-refractivity contribution in [1.29, 1.82) is 0 Å². The van der Waals surface area contributed by atoms with Crippen LogP contribution in [-0.4, -0.2) is 35.4 Å². The van der Waals surface area contributed by atoms with Crippen molar-refractivity contribution in [1.82, 2.24) is 9.97 Å². The molecule has 5 heteroatoms. The second kappa shape index (κ2) is 13.0. The summed E-state index contributed by atoms with van der Waals surface area (Å²) in [5.41, 5.74) is 4.05. The van der Waals surface area contributed by atoms with E-state index in [1.54, 1.807) is 6.20 Å². The number of hydrogen-bond acceptors (Lipinski definition) is 5. The molecule has 0 radical (unpaired) electrons. The zero-order valence-corrected chi connectivity index (χ0v) is 18.5. The first-order chi connectivity index (χ1) is 14.7. The van der Waals surface area contributed by atoms with Gasteiger partial charge in [-0.3, -0.25) is 4.99 Å². The number of hydrogen-bond donors (Lipinski definition) is 1. The van der Waals surface area contributed by atoms with E-state index < -0.39 is 0 Å². The molecule has 0 aliphatic carbocycles. The van der Waals surface area contributed by atoms with Gasteiger partial charge in [-0.25, -0.2) is 9.97 Å². The summed E-state index contributed by atoms with van der Waals surface area (Å²) >= 11 is 0. The second-order valence-electron chi connectivity index (χ2n) is 5.85. The SMILES string of the molecule is C=CC1=C(C=C)N(c2nc(C(/C=C\N=C)=C/C)nc3ccccc23)CC1.CC.CO. The zero-order valence-electron chi connectivity index (χ0n) is 18.5. The maximum absolute atomic E-state index is 7.00. The van der Waals surface area contributed by atoms with Crippen LogP contribution in [-0.2, 0) is 0 Å². The van der Waals surface area contributed by atoms with Crippen molar-refractivity contribution in [2.45, 2.75) is 27.2 Å². The molecule has 158 valence electrons. The number of benzene rings is 1. The van der Waals surface area contributed by atoms with Crippen LogP contribution in [0.3, 0.4) is 0 Å². The molecule has 2 heterocycles. The normalized spacial score (nSPS) is 13.5. The summed E-state index contributed by atoms with van der Waals surface area (Å²) in [4.78, 5) is 15.6. The van der Waals surface area contributed by atoms with Gasteiger partial charge >= 0.3 is 0 Å². The fraction of sp³-hybridized carbons (Fsp3) is 0.240. The highest BCUT2D eigenvalue weighted by atomic mass is 16.2. The number of nitrogens with zero attached hydrogens (tertiary/aromatic N) is 4. The highest BCUT2D eigenvalue weighted by molar-refractivity contribution is 5.92. The molecule has 0 unspecified atom stereocenters. The van der Waals surface area contributed by atoms with Gasteiger partial charge in [-0.1, -0.05) is 51.3 Å². The molecule has 0 fully saturated rings. The Morgan fingerprint density at radius 3 is 2.43 bits per heavy atom. The van der Waals surface area contributed by atoms with Gasteiger partial charge in [0.05, 0.1) is 5.52 Å². The Morgan fingerprint density at radius 2 is 1.83 bits per heavy atom. The maximum Gasteiger partial charge on any atom is 0.161 e. The molecular formula is C25H32N4O. The van der Waals surface area contributed by atoms with Gasteiger partial charge in [-0.2, -0.15) is 0 Å². The van der Waals surface area contributed by atoms with Crippen molar-refractivity contribution in [3.63, 3.8) is 0 Å². The summed E-state index contributed by atoms with van der Waals surface area (Å²) in [6.45, 7) is 18.2. The Hall–Kier alpha value is -3.31. The van der Waals surface area contributed by atoms with Crippen LogP contribution in [0.25, 0.3) is 16.5 Å². The number of aromatic nitrogens is 2. The summed E-state index contributed by atoms with van der Waals surface area (Å²) in [6.07, 6.45) is 10.2. The summed E-state index contributed by atoms with van der Waals surface area (Å²) < 4.78 is 0. The largest absolute Gasteiger partial charge is 0.400 e. The molecule has 0 saturated heterocycles. The second-order valence-corrected chi connectivity index (χ2v) is 5.85. The molecule has 30 heavy (non-hydrogen) atoms. The van der Waals surface area contributed by atoms with Gasteiger partial charge < -0.3 is 10.0 Å². The Kier molecular flexibility index (Phi) is 10.7. The molecule has 5 nitrogen and oxygen atoms in total. The Bertz CT molecular complexity index is 970. The molecule has 3 rings (SSSR count).